The van der Waals surface area contributed by atoms with E-state index in [9.17, 15) is 0 Å². The average Bonchev–Trinajstić information content (AvgIpc) is 2.84. The van der Waals surface area contributed by atoms with Crippen LogP contribution in [0.5, 0.6) is 0 Å². The fourth-order valence-corrected chi connectivity index (χ4v) is 1.81. The molecule has 0 saturated carbocycles. The Morgan fingerprint density at radius 2 is 2.33 bits per heavy atom. The minimum Gasteiger partial charge on any atom is -0.373 e. The Bertz CT molecular complexity index is 326. The van der Waals surface area contributed by atoms with Crippen LogP contribution in [-0.4, -0.2) is 22.3 Å². The van der Waals surface area contributed by atoms with Crippen LogP contribution >= 0.6 is 0 Å². The molecule has 0 spiro atoms. The first-order valence-corrected chi connectivity index (χ1v) is 5.44. The van der Waals surface area contributed by atoms with Gasteiger partial charge in [-0.1, -0.05) is 12.1 Å². The molecule has 3 unspecified atom stereocenters. The fourth-order valence-electron chi connectivity index (χ4n) is 1.81. The van der Waals surface area contributed by atoms with Gasteiger partial charge in [0.15, 0.2) is 5.82 Å². The highest BCUT2D eigenvalue weighted by Crippen LogP contribution is 2.27. The SMILES string of the molecule is CCc1nc(C(N)C2CCC(C)O2)no1. The van der Waals surface area contributed by atoms with Gasteiger partial charge in [-0.2, -0.15) is 4.98 Å². The quantitative estimate of drug-likeness (QED) is 0.813. The van der Waals surface area contributed by atoms with Gasteiger partial charge in [-0.3, -0.25) is 0 Å². The first-order chi connectivity index (χ1) is 7.20. The minimum absolute atomic E-state index is 0.0299. The average molecular weight is 211 g/mol. The lowest BCUT2D eigenvalue weighted by molar-refractivity contribution is 0.0380. The van der Waals surface area contributed by atoms with Crippen LogP contribution in [-0.2, 0) is 11.2 Å². The van der Waals surface area contributed by atoms with Crippen molar-refractivity contribution in [2.24, 2.45) is 5.73 Å². The molecule has 0 bridgehead atoms. The van der Waals surface area contributed by atoms with Crippen molar-refractivity contribution in [1.82, 2.24) is 10.1 Å². The molecule has 1 fully saturated rings. The molecule has 2 heterocycles. The maximum Gasteiger partial charge on any atom is 0.226 e. The molecule has 1 saturated heterocycles. The smallest absolute Gasteiger partial charge is 0.226 e. The molecule has 15 heavy (non-hydrogen) atoms. The van der Waals surface area contributed by atoms with Gasteiger partial charge in [0, 0.05) is 6.42 Å². The molecule has 5 nitrogen and oxygen atoms in total. The first kappa shape index (κ1) is 10.6. The molecule has 2 rings (SSSR count). The van der Waals surface area contributed by atoms with Crippen molar-refractivity contribution in [3.8, 4) is 0 Å². The van der Waals surface area contributed by atoms with Crippen molar-refractivity contribution in [3.63, 3.8) is 0 Å². The lowest BCUT2D eigenvalue weighted by atomic mass is 10.1. The summed E-state index contributed by atoms with van der Waals surface area (Å²) in [5, 5.41) is 3.87. The number of nitrogens with two attached hydrogens (primary N) is 1. The van der Waals surface area contributed by atoms with Gasteiger partial charge in [0.25, 0.3) is 0 Å². The Morgan fingerprint density at radius 1 is 1.53 bits per heavy atom. The van der Waals surface area contributed by atoms with Crippen LogP contribution in [0, 0.1) is 0 Å². The summed E-state index contributed by atoms with van der Waals surface area (Å²) in [5.41, 5.74) is 6.02. The van der Waals surface area contributed by atoms with Crippen LogP contribution in [0.15, 0.2) is 4.52 Å². The van der Waals surface area contributed by atoms with Gasteiger partial charge >= 0.3 is 0 Å². The molecule has 1 aliphatic heterocycles. The lowest BCUT2D eigenvalue weighted by Gasteiger charge is -2.15. The van der Waals surface area contributed by atoms with Crippen LogP contribution in [0.1, 0.15) is 44.4 Å². The molecule has 0 aliphatic carbocycles. The van der Waals surface area contributed by atoms with Gasteiger partial charge < -0.3 is 15.0 Å². The molecule has 3 atom stereocenters. The summed E-state index contributed by atoms with van der Waals surface area (Å²) in [7, 11) is 0. The van der Waals surface area contributed by atoms with Gasteiger partial charge in [-0.15, -0.1) is 0 Å². The van der Waals surface area contributed by atoms with Crippen molar-refractivity contribution < 1.29 is 9.26 Å². The van der Waals surface area contributed by atoms with E-state index >= 15 is 0 Å². The van der Waals surface area contributed by atoms with E-state index in [-0.39, 0.29) is 12.1 Å². The molecule has 0 aromatic carbocycles. The van der Waals surface area contributed by atoms with Gasteiger partial charge in [-0.05, 0) is 19.8 Å². The van der Waals surface area contributed by atoms with Crippen LogP contribution in [0.3, 0.4) is 0 Å². The summed E-state index contributed by atoms with van der Waals surface area (Å²) < 4.78 is 10.7. The second-order valence-electron chi connectivity index (χ2n) is 3.99. The monoisotopic (exact) mass is 211 g/mol. The van der Waals surface area contributed by atoms with Gasteiger partial charge in [0.05, 0.1) is 18.2 Å². The van der Waals surface area contributed by atoms with Crippen LogP contribution in [0.4, 0.5) is 0 Å². The summed E-state index contributed by atoms with van der Waals surface area (Å²) in [6.45, 7) is 4.03. The summed E-state index contributed by atoms with van der Waals surface area (Å²) in [6, 6.07) is -0.265. The molecule has 2 N–H and O–H groups in total. The summed E-state index contributed by atoms with van der Waals surface area (Å²) in [5.74, 6) is 1.19. The van der Waals surface area contributed by atoms with Crippen molar-refractivity contribution in [2.75, 3.05) is 0 Å². The molecule has 1 aromatic heterocycles. The highest BCUT2D eigenvalue weighted by molar-refractivity contribution is 4.97. The topological polar surface area (TPSA) is 74.2 Å². The van der Waals surface area contributed by atoms with Crippen molar-refractivity contribution in [3.05, 3.63) is 11.7 Å². The summed E-state index contributed by atoms with van der Waals surface area (Å²) in [4.78, 5) is 4.22. The molecule has 5 heteroatoms. The molecule has 0 amide bonds. The number of rotatable bonds is 3. The number of ether oxygens (including phenoxy) is 1. The largest absolute Gasteiger partial charge is 0.373 e. The van der Waals surface area contributed by atoms with E-state index in [2.05, 4.69) is 17.1 Å². The maximum atomic E-state index is 6.02. The third kappa shape index (κ3) is 2.18. The fraction of sp³-hybridized carbons (Fsp3) is 0.800. The second-order valence-corrected chi connectivity index (χ2v) is 3.99. The van der Waals surface area contributed by atoms with E-state index in [1.807, 2.05) is 6.92 Å². The Morgan fingerprint density at radius 3 is 2.87 bits per heavy atom. The number of aryl methyl sites for hydroxylation is 1. The summed E-state index contributed by atoms with van der Waals surface area (Å²) >= 11 is 0. The van der Waals surface area contributed by atoms with Crippen molar-refractivity contribution in [1.29, 1.82) is 0 Å². The predicted molar refractivity (Wildman–Crippen MR) is 54.2 cm³/mol. The number of hydrogen-bond acceptors (Lipinski definition) is 5. The molecular formula is C10H17N3O2. The van der Waals surface area contributed by atoms with E-state index in [4.69, 9.17) is 15.0 Å². The van der Waals surface area contributed by atoms with Crippen LogP contribution in [0.25, 0.3) is 0 Å². The van der Waals surface area contributed by atoms with Gasteiger partial charge in [0.1, 0.15) is 0 Å². The van der Waals surface area contributed by atoms with Crippen LogP contribution in [0.2, 0.25) is 0 Å². The zero-order valence-corrected chi connectivity index (χ0v) is 9.14. The Balaban J connectivity index is 2.03. The number of nitrogens with zero attached hydrogens (tertiary/aromatic N) is 2. The number of hydrogen-bond donors (Lipinski definition) is 1. The normalized spacial score (nSPS) is 28.2. The standard InChI is InChI=1S/C10H17N3O2/c1-3-8-12-10(13-15-8)9(11)7-5-4-6(2)14-7/h6-7,9H,3-5,11H2,1-2H3. The zero-order valence-electron chi connectivity index (χ0n) is 9.14. The molecule has 1 aliphatic rings. The highest BCUT2D eigenvalue weighted by atomic mass is 16.5. The van der Waals surface area contributed by atoms with Crippen molar-refractivity contribution >= 4 is 0 Å². The second kappa shape index (κ2) is 4.28. The molecule has 1 aromatic rings. The summed E-state index contributed by atoms with van der Waals surface area (Å²) in [6.07, 6.45) is 3.08. The lowest BCUT2D eigenvalue weighted by Crippen LogP contribution is -2.27. The van der Waals surface area contributed by atoms with Crippen molar-refractivity contribution in [2.45, 2.75) is 51.4 Å². The molecule has 0 radical (unpaired) electrons. The highest BCUT2D eigenvalue weighted by Gasteiger charge is 2.30. The number of aromatic nitrogens is 2. The van der Waals surface area contributed by atoms with Gasteiger partial charge in [-0.25, -0.2) is 0 Å². The van der Waals surface area contributed by atoms with E-state index in [0.717, 1.165) is 19.3 Å². The van der Waals surface area contributed by atoms with E-state index in [1.165, 1.54) is 0 Å². The van der Waals surface area contributed by atoms with Gasteiger partial charge in [0.2, 0.25) is 5.89 Å². The molecule has 84 valence electrons. The van der Waals surface area contributed by atoms with E-state index in [0.29, 0.717) is 17.8 Å². The first-order valence-electron chi connectivity index (χ1n) is 5.44. The molecular weight excluding hydrogens is 194 g/mol. The van der Waals surface area contributed by atoms with E-state index in [1.54, 1.807) is 0 Å². The predicted octanol–water partition coefficient (Wildman–Crippen LogP) is 1.20. The zero-order chi connectivity index (χ0) is 10.8. The Hall–Kier alpha value is -0.940. The maximum absolute atomic E-state index is 6.02. The Labute approximate surface area is 89.0 Å². The Kier molecular flexibility index (Phi) is 3.02. The minimum atomic E-state index is -0.265. The third-order valence-electron chi connectivity index (χ3n) is 2.75. The van der Waals surface area contributed by atoms with E-state index < -0.39 is 0 Å². The third-order valence-corrected chi connectivity index (χ3v) is 2.75. The van der Waals surface area contributed by atoms with Crippen LogP contribution < -0.4 is 5.73 Å².